The van der Waals surface area contributed by atoms with Gasteiger partial charge in [0.15, 0.2) is 0 Å². The van der Waals surface area contributed by atoms with Crippen molar-refractivity contribution in [2.75, 3.05) is 32.7 Å². The lowest BCUT2D eigenvalue weighted by Crippen LogP contribution is -2.57. The third-order valence-corrected chi connectivity index (χ3v) is 10.3. The van der Waals surface area contributed by atoms with Gasteiger partial charge < -0.3 is 10.6 Å². The molecule has 2 aromatic carbocycles. The molecule has 1 unspecified atom stereocenters. The number of nitrogens with zero attached hydrogens (tertiary/aromatic N) is 2. The third kappa shape index (κ3) is 6.48. The molecule has 2 amide bonds. The van der Waals surface area contributed by atoms with E-state index in [0.717, 1.165) is 61.2 Å². The first-order valence-corrected chi connectivity index (χ1v) is 15.8. The van der Waals surface area contributed by atoms with Crippen LogP contribution in [0.3, 0.4) is 0 Å². The second-order valence-corrected chi connectivity index (χ2v) is 13.3. The van der Waals surface area contributed by atoms with E-state index in [1.54, 1.807) is 24.3 Å². The Labute approximate surface area is 237 Å². The Morgan fingerprint density at radius 3 is 2.58 bits per heavy atom. The normalized spacial score (nSPS) is 22.3. The molecule has 0 aromatic heterocycles. The van der Waals surface area contributed by atoms with Gasteiger partial charge in [0.25, 0.3) is 0 Å². The van der Waals surface area contributed by atoms with Gasteiger partial charge in [-0.3, -0.25) is 14.5 Å². The van der Waals surface area contributed by atoms with Crippen LogP contribution in [0.15, 0.2) is 53.9 Å². The molecule has 0 bridgehead atoms. The number of carbonyl (C=O) groups is 2. The Hall–Kier alpha value is -3.01. The quantitative estimate of drug-likeness (QED) is 0.511. The first kappa shape index (κ1) is 28.5. The van der Waals surface area contributed by atoms with Crippen molar-refractivity contribution in [1.82, 2.24) is 19.8 Å². The van der Waals surface area contributed by atoms with Crippen LogP contribution in [0.1, 0.15) is 66.8 Å². The highest BCUT2D eigenvalue weighted by atomic mass is 32.2. The number of piperidine rings is 1. The van der Waals surface area contributed by atoms with E-state index in [0.29, 0.717) is 0 Å². The molecular formula is C31H40N4O4S. The van der Waals surface area contributed by atoms with E-state index in [-0.39, 0.29) is 42.3 Å². The zero-order valence-electron chi connectivity index (χ0n) is 23.3. The Bertz CT molecular complexity index is 1370. The molecule has 2 aromatic rings. The first-order chi connectivity index (χ1) is 19.2. The van der Waals surface area contributed by atoms with Crippen molar-refractivity contribution in [2.24, 2.45) is 0 Å². The van der Waals surface area contributed by atoms with Crippen LogP contribution in [0, 0.1) is 6.92 Å². The smallest absolute Gasteiger partial charge is 0.243 e. The molecule has 3 aliphatic rings. The van der Waals surface area contributed by atoms with Crippen molar-refractivity contribution in [3.63, 3.8) is 0 Å². The minimum atomic E-state index is -3.93. The lowest BCUT2D eigenvalue weighted by atomic mass is 9.85. The van der Waals surface area contributed by atoms with Gasteiger partial charge in [-0.25, -0.2) is 8.42 Å². The molecule has 0 saturated carbocycles. The first-order valence-electron chi connectivity index (χ1n) is 14.4. The zero-order chi connectivity index (χ0) is 28.3. The predicted octanol–water partition coefficient (Wildman–Crippen LogP) is 3.57. The highest BCUT2D eigenvalue weighted by Crippen LogP contribution is 2.32. The summed E-state index contributed by atoms with van der Waals surface area (Å²) in [6.07, 6.45) is 6.55. The number of nitrogens with one attached hydrogen (secondary N) is 2. The number of likely N-dealkylation sites (tertiary alicyclic amines) is 1. The molecule has 214 valence electrons. The molecule has 5 rings (SSSR count). The third-order valence-electron chi connectivity index (χ3n) is 8.35. The van der Waals surface area contributed by atoms with Gasteiger partial charge in [0.2, 0.25) is 21.8 Å². The summed E-state index contributed by atoms with van der Waals surface area (Å²) < 4.78 is 28.0. The number of benzene rings is 2. The van der Waals surface area contributed by atoms with Gasteiger partial charge in [-0.15, -0.1) is 0 Å². The number of sulfonamides is 1. The predicted molar refractivity (Wildman–Crippen MR) is 156 cm³/mol. The van der Waals surface area contributed by atoms with Crippen LogP contribution in [0.5, 0.6) is 0 Å². The second-order valence-electron chi connectivity index (χ2n) is 11.4. The van der Waals surface area contributed by atoms with E-state index in [9.17, 15) is 18.0 Å². The largest absolute Gasteiger partial charge is 0.353 e. The molecule has 40 heavy (non-hydrogen) atoms. The van der Waals surface area contributed by atoms with Crippen LogP contribution in [0.4, 0.5) is 0 Å². The molecule has 1 aliphatic carbocycles. The highest BCUT2D eigenvalue weighted by Gasteiger charge is 2.38. The highest BCUT2D eigenvalue weighted by molar-refractivity contribution is 7.89. The van der Waals surface area contributed by atoms with Crippen LogP contribution in [0.2, 0.25) is 0 Å². The van der Waals surface area contributed by atoms with Crippen LogP contribution in [0.25, 0.3) is 5.57 Å². The molecular weight excluding hydrogens is 524 g/mol. The van der Waals surface area contributed by atoms with Crippen molar-refractivity contribution >= 4 is 27.4 Å². The fourth-order valence-corrected chi connectivity index (χ4v) is 7.67. The fraction of sp³-hybridized carbons (Fsp3) is 0.484. The van der Waals surface area contributed by atoms with Gasteiger partial charge in [0.1, 0.15) is 0 Å². The number of aryl methyl sites for hydroxylation is 2. The Morgan fingerprint density at radius 2 is 1.82 bits per heavy atom. The topological polar surface area (TPSA) is 98.8 Å². The number of rotatable bonds is 8. The Balaban J connectivity index is 1.26. The molecule has 2 N–H and O–H groups in total. The summed E-state index contributed by atoms with van der Waals surface area (Å²) in [7, 11) is -3.93. The number of hydrogen-bond acceptors (Lipinski definition) is 5. The Kier molecular flexibility index (Phi) is 8.73. The number of amides is 2. The summed E-state index contributed by atoms with van der Waals surface area (Å²) in [5, 5.41) is 5.89. The molecule has 9 heteroatoms. The Morgan fingerprint density at radius 1 is 1.07 bits per heavy atom. The summed E-state index contributed by atoms with van der Waals surface area (Å²) in [4.78, 5) is 28.0. The summed E-state index contributed by atoms with van der Waals surface area (Å²) in [6, 6.07) is 12.2. The zero-order valence-corrected chi connectivity index (χ0v) is 24.1. The average molecular weight is 565 g/mol. The fourth-order valence-electron chi connectivity index (χ4n) is 6.09. The summed E-state index contributed by atoms with van der Waals surface area (Å²) >= 11 is 0. The minimum Gasteiger partial charge on any atom is -0.353 e. The number of fused-ring (bicyclic) bond motifs is 1. The van der Waals surface area contributed by atoms with Gasteiger partial charge in [-0.05, 0) is 86.5 Å². The van der Waals surface area contributed by atoms with Gasteiger partial charge in [0.05, 0.1) is 23.5 Å². The maximum atomic E-state index is 13.4. The van der Waals surface area contributed by atoms with Gasteiger partial charge in [-0.1, -0.05) is 48.9 Å². The van der Waals surface area contributed by atoms with Crippen molar-refractivity contribution in [2.45, 2.75) is 68.8 Å². The van der Waals surface area contributed by atoms with Crippen LogP contribution in [-0.4, -0.2) is 68.2 Å². The number of carbonyl (C=O) groups excluding carboxylic acids is 2. The summed E-state index contributed by atoms with van der Waals surface area (Å²) in [5.74, 6) is -0.590. The maximum Gasteiger partial charge on any atom is 0.243 e. The van der Waals surface area contributed by atoms with Crippen molar-refractivity contribution in [3.05, 3.63) is 71.3 Å². The molecule has 0 spiro atoms. The molecule has 0 radical (unpaired) electrons. The SMILES string of the molecule is C=C(CN1CCCCC1)c1ccc2c(c1)CCC[C@H]2NC(=O)CC1CNC(=O)CN1S(=O)(=O)c1ccc(C)cc1. The van der Waals surface area contributed by atoms with E-state index in [1.165, 1.54) is 29.1 Å². The molecule has 2 aliphatic heterocycles. The van der Waals surface area contributed by atoms with Crippen LogP contribution >= 0.6 is 0 Å². The molecule has 2 fully saturated rings. The lowest BCUT2D eigenvalue weighted by molar-refractivity contribution is -0.127. The molecule has 2 saturated heterocycles. The van der Waals surface area contributed by atoms with E-state index in [1.807, 2.05) is 6.92 Å². The monoisotopic (exact) mass is 564 g/mol. The van der Waals surface area contributed by atoms with Crippen molar-refractivity contribution in [3.8, 4) is 0 Å². The van der Waals surface area contributed by atoms with E-state index < -0.39 is 16.1 Å². The van der Waals surface area contributed by atoms with Crippen LogP contribution < -0.4 is 10.6 Å². The van der Waals surface area contributed by atoms with Crippen molar-refractivity contribution < 1.29 is 18.0 Å². The lowest BCUT2D eigenvalue weighted by Gasteiger charge is -2.35. The number of piperazine rings is 1. The average Bonchev–Trinajstić information content (AvgIpc) is 2.94. The summed E-state index contributed by atoms with van der Waals surface area (Å²) in [6.45, 7) is 9.19. The van der Waals surface area contributed by atoms with E-state index in [2.05, 4.69) is 40.3 Å². The second kappa shape index (κ2) is 12.2. The number of hydrogen-bond donors (Lipinski definition) is 2. The molecule has 2 atom stereocenters. The van der Waals surface area contributed by atoms with Gasteiger partial charge >= 0.3 is 0 Å². The standard InChI is InChI=1S/C31H40N4O4S/c1-22-9-12-27(13-10-22)40(38,39)35-21-31(37)32-19-26(35)18-30(36)33-29-8-6-7-25-17-24(11-14-28(25)29)23(2)20-34-15-4-3-5-16-34/h9-14,17,26,29H,2-8,15-16,18-21H2,1H3,(H,32,37)(H,33,36)/t26?,29-/m1/s1. The van der Waals surface area contributed by atoms with E-state index >= 15 is 0 Å². The van der Waals surface area contributed by atoms with Crippen molar-refractivity contribution in [1.29, 1.82) is 0 Å². The molecule has 2 heterocycles. The summed E-state index contributed by atoms with van der Waals surface area (Å²) in [5.41, 5.74) is 5.59. The maximum absolute atomic E-state index is 13.4. The van der Waals surface area contributed by atoms with Crippen LogP contribution in [-0.2, 0) is 26.0 Å². The van der Waals surface area contributed by atoms with E-state index in [4.69, 9.17) is 0 Å². The molecule has 8 nitrogen and oxygen atoms in total. The van der Waals surface area contributed by atoms with Gasteiger partial charge in [0, 0.05) is 19.5 Å². The minimum absolute atomic E-state index is 0.0259. The van der Waals surface area contributed by atoms with Gasteiger partial charge in [-0.2, -0.15) is 4.31 Å².